The van der Waals surface area contributed by atoms with Crippen molar-refractivity contribution >= 4 is 32.5 Å². The van der Waals surface area contributed by atoms with E-state index in [-0.39, 0.29) is 28.6 Å². The number of aryl methyl sites for hydroxylation is 1. The van der Waals surface area contributed by atoms with E-state index in [1.165, 1.54) is 16.4 Å². The van der Waals surface area contributed by atoms with E-state index >= 15 is 0 Å². The molecule has 4 rings (SSSR count). The molecule has 0 aliphatic rings. The molecule has 0 radical (unpaired) electrons. The van der Waals surface area contributed by atoms with E-state index in [0.29, 0.717) is 11.3 Å². The van der Waals surface area contributed by atoms with Crippen LogP contribution in [0.3, 0.4) is 0 Å². The predicted molar refractivity (Wildman–Crippen MR) is 130 cm³/mol. The lowest BCUT2D eigenvalue weighted by atomic mass is 10.1. The van der Waals surface area contributed by atoms with Crippen molar-refractivity contribution in [2.45, 2.75) is 24.9 Å². The van der Waals surface area contributed by atoms with E-state index in [9.17, 15) is 13.2 Å². The Kier molecular flexibility index (Phi) is 6.56. The standard InChI is InChI=1S/C25H23ClN2O4S/c1-17-6-5-7-19-14-20(25(29)27-24(17)19)16-28(15-18-10-12-21(32-2)13-11-18)33(30,31)23-9-4-3-8-22(23)26/h3-14H,15-16H2,1-2H3,(H,27,29). The molecule has 6 nitrogen and oxygen atoms in total. The molecule has 33 heavy (non-hydrogen) atoms. The Morgan fingerprint density at radius 1 is 0.970 bits per heavy atom. The van der Waals surface area contributed by atoms with E-state index in [2.05, 4.69) is 4.98 Å². The number of sulfonamides is 1. The fraction of sp³-hybridized carbons (Fsp3) is 0.160. The van der Waals surface area contributed by atoms with Crippen LogP contribution in [0.5, 0.6) is 5.75 Å². The molecule has 4 aromatic rings. The minimum Gasteiger partial charge on any atom is -0.497 e. The first-order valence-corrected chi connectivity index (χ1v) is 12.1. The van der Waals surface area contributed by atoms with Crippen LogP contribution in [0.4, 0.5) is 0 Å². The Hall–Kier alpha value is -3.13. The molecule has 170 valence electrons. The first kappa shape index (κ1) is 23.0. The maximum absolute atomic E-state index is 13.6. The largest absolute Gasteiger partial charge is 0.497 e. The third-order valence-electron chi connectivity index (χ3n) is 5.48. The molecule has 0 aliphatic carbocycles. The van der Waals surface area contributed by atoms with Gasteiger partial charge in [0.15, 0.2) is 0 Å². The van der Waals surface area contributed by atoms with Gasteiger partial charge in [-0.15, -0.1) is 0 Å². The van der Waals surface area contributed by atoms with Gasteiger partial charge in [0.25, 0.3) is 5.56 Å². The quantitative estimate of drug-likeness (QED) is 0.406. The van der Waals surface area contributed by atoms with Crippen molar-refractivity contribution in [3.8, 4) is 5.75 Å². The zero-order chi connectivity index (χ0) is 23.6. The Morgan fingerprint density at radius 3 is 2.39 bits per heavy atom. The lowest BCUT2D eigenvalue weighted by molar-refractivity contribution is 0.398. The smallest absolute Gasteiger partial charge is 0.252 e. The van der Waals surface area contributed by atoms with Gasteiger partial charge in [-0.05, 0) is 53.8 Å². The van der Waals surface area contributed by atoms with Gasteiger partial charge in [-0.3, -0.25) is 4.79 Å². The van der Waals surface area contributed by atoms with Crippen LogP contribution in [0, 0.1) is 6.92 Å². The van der Waals surface area contributed by atoms with E-state index < -0.39 is 10.0 Å². The molecule has 0 atom stereocenters. The number of aromatic amines is 1. The van der Waals surface area contributed by atoms with Gasteiger partial charge in [0.2, 0.25) is 10.0 Å². The number of para-hydroxylation sites is 1. The van der Waals surface area contributed by atoms with Gasteiger partial charge in [0.1, 0.15) is 10.6 Å². The van der Waals surface area contributed by atoms with Crippen LogP contribution in [0.1, 0.15) is 16.7 Å². The van der Waals surface area contributed by atoms with Crippen LogP contribution in [0.25, 0.3) is 10.9 Å². The number of nitrogens with zero attached hydrogens (tertiary/aromatic N) is 1. The number of nitrogens with one attached hydrogen (secondary N) is 1. The highest BCUT2D eigenvalue weighted by molar-refractivity contribution is 7.89. The summed E-state index contributed by atoms with van der Waals surface area (Å²) in [7, 11) is -2.44. The number of benzene rings is 3. The summed E-state index contributed by atoms with van der Waals surface area (Å²) in [5, 5.41) is 0.962. The molecule has 8 heteroatoms. The molecule has 0 spiro atoms. The summed E-state index contributed by atoms with van der Waals surface area (Å²) in [6.45, 7) is 1.86. The van der Waals surface area contributed by atoms with Crippen LogP contribution in [-0.4, -0.2) is 24.8 Å². The molecule has 0 fully saturated rings. The van der Waals surface area contributed by atoms with Crippen molar-refractivity contribution in [2.75, 3.05) is 7.11 Å². The first-order chi connectivity index (χ1) is 15.8. The zero-order valence-corrected chi connectivity index (χ0v) is 19.8. The zero-order valence-electron chi connectivity index (χ0n) is 18.2. The van der Waals surface area contributed by atoms with Crippen LogP contribution in [-0.2, 0) is 23.1 Å². The maximum Gasteiger partial charge on any atom is 0.252 e. The van der Waals surface area contributed by atoms with Crippen molar-refractivity contribution in [3.63, 3.8) is 0 Å². The Bertz CT molecular complexity index is 1460. The minimum absolute atomic E-state index is 0.00626. The SMILES string of the molecule is COc1ccc(CN(Cc2cc3cccc(C)c3[nH]c2=O)S(=O)(=O)c2ccccc2Cl)cc1. The van der Waals surface area contributed by atoms with Gasteiger partial charge in [-0.25, -0.2) is 8.42 Å². The van der Waals surface area contributed by atoms with Crippen molar-refractivity contribution < 1.29 is 13.2 Å². The third kappa shape index (κ3) is 4.80. The van der Waals surface area contributed by atoms with Crippen molar-refractivity contribution in [1.82, 2.24) is 9.29 Å². The molecular weight excluding hydrogens is 460 g/mol. The average molecular weight is 483 g/mol. The number of hydrogen-bond donors (Lipinski definition) is 1. The molecule has 1 heterocycles. The summed E-state index contributed by atoms with van der Waals surface area (Å²) in [6, 6.07) is 20.8. The molecule has 1 aromatic heterocycles. The molecule has 0 amide bonds. The summed E-state index contributed by atoms with van der Waals surface area (Å²) in [5.74, 6) is 0.667. The second-order valence-electron chi connectivity index (χ2n) is 7.71. The molecule has 0 aliphatic heterocycles. The number of hydrogen-bond acceptors (Lipinski definition) is 4. The number of ether oxygens (including phenoxy) is 1. The number of fused-ring (bicyclic) bond motifs is 1. The van der Waals surface area contributed by atoms with E-state index in [0.717, 1.165) is 22.0 Å². The fourth-order valence-electron chi connectivity index (χ4n) is 3.69. The second-order valence-corrected chi connectivity index (χ2v) is 10.0. The highest BCUT2D eigenvalue weighted by Crippen LogP contribution is 2.27. The molecule has 1 N–H and O–H groups in total. The number of halogens is 1. The average Bonchev–Trinajstić information content (AvgIpc) is 2.80. The Morgan fingerprint density at radius 2 is 1.70 bits per heavy atom. The van der Waals surface area contributed by atoms with Crippen LogP contribution in [0.2, 0.25) is 5.02 Å². The van der Waals surface area contributed by atoms with E-state index in [1.54, 1.807) is 49.6 Å². The first-order valence-electron chi connectivity index (χ1n) is 10.3. The number of aromatic nitrogens is 1. The van der Waals surface area contributed by atoms with Crippen LogP contribution < -0.4 is 10.3 Å². The molecule has 0 saturated carbocycles. The van der Waals surface area contributed by atoms with E-state index in [1.807, 2.05) is 25.1 Å². The van der Waals surface area contributed by atoms with Crippen molar-refractivity contribution in [2.24, 2.45) is 0 Å². The van der Waals surface area contributed by atoms with Gasteiger partial charge >= 0.3 is 0 Å². The highest BCUT2D eigenvalue weighted by atomic mass is 35.5. The lowest BCUT2D eigenvalue weighted by Crippen LogP contribution is -2.32. The number of pyridine rings is 1. The molecule has 0 saturated heterocycles. The Labute approximate surface area is 197 Å². The van der Waals surface area contributed by atoms with Crippen molar-refractivity contribution in [3.05, 3.63) is 105 Å². The maximum atomic E-state index is 13.6. The van der Waals surface area contributed by atoms with Crippen molar-refractivity contribution in [1.29, 1.82) is 0 Å². The normalized spacial score (nSPS) is 11.8. The van der Waals surface area contributed by atoms with Gasteiger partial charge in [-0.1, -0.05) is 54.1 Å². The van der Waals surface area contributed by atoms with Crippen LogP contribution in [0.15, 0.2) is 82.5 Å². The highest BCUT2D eigenvalue weighted by Gasteiger charge is 2.28. The minimum atomic E-state index is -4.00. The van der Waals surface area contributed by atoms with Gasteiger partial charge in [0, 0.05) is 18.7 Å². The molecule has 0 unspecified atom stereocenters. The predicted octanol–water partition coefficient (Wildman–Crippen LogP) is 4.89. The third-order valence-corrected chi connectivity index (χ3v) is 7.78. The monoisotopic (exact) mass is 482 g/mol. The van der Waals surface area contributed by atoms with Gasteiger partial charge < -0.3 is 9.72 Å². The summed E-state index contributed by atoms with van der Waals surface area (Å²) >= 11 is 6.23. The molecule has 3 aromatic carbocycles. The second kappa shape index (κ2) is 9.39. The summed E-state index contributed by atoms with van der Waals surface area (Å²) < 4.78 is 33.7. The summed E-state index contributed by atoms with van der Waals surface area (Å²) in [5.41, 5.74) is 2.44. The number of methoxy groups -OCH3 is 1. The fourth-order valence-corrected chi connectivity index (χ4v) is 5.59. The van der Waals surface area contributed by atoms with Gasteiger partial charge in [-0.2, -0.15) is 4.31 Å². The summed E-state index contributed by atoms with van der Waals surface area (Å²) in [6.07, 6.45) is 0. The topological polar surface area (TPSA) is 79.5 Å². The Balaban J connectivity index is 1.78. The van der Waals surface area contributed by atoms with Gasteiger partial charge in [0.05, 0.1) is 17.6 Å². The molecule has 0 bridgehead atoms. The summed E-state index contributed by atoms with van der Waals surface area (Å²) in [4.78, 5) is 15.8. The number of rotatable bonds is 7. The van der Waals surface area contributed by atoms with Crippen LogP contribution >= 0.6 is 11.6 Å². The number of H-pyrrole nitrogens is 1. The molecular formula is C25H23ClN2O4S. The lowest BCUT2D eigenvalue weighted by Gasteiger charge is -2.23. The van der Waals surface area contributed by atoms with E-state index in [4.69, 9.17) is 16.3 Å².